The van der Waals surface area contributed by atoms with Crippen molar-refractivity contribution in [1.82, 2.24) is 15.0 Å². The van der Waals surface area contributed by atoms with E-state index in [2.05, 4.69) is 26.2 Å². The van der Waals surface area contributed by atoms with E-state index in [0.717, 1.165) is 20.9 Å². The number of aromatic nitrogens is 3. The highest BCUT2D eigenvalue weighted by molar-refractivity contribution is 9.10. The first-order valence-electron chi connectivity index (χ1n) is 4.64. The summed E-state index contributed by atoms with van der Waals surface area (Å²) in [6.45, 7) is 1.84. The molecule has 0 spiro atoms. The van der Waals surface area contributed by atoms with Crippen LogP contribution in [-0.4, -0.2) is 15.0 Å². The van der Waals surface area contributed by atoms with E-state index < -0.39 is 11.9 Å². The van der Waals surface area contributed by atoms with E-state index in [-0.39, 0.29) is 0 Å². The Bertz CT molecular complexity index is 548. The topological polar surface area (TPSA) is 30.7 Å². The highest BCUT2D eigenvalue weighted by Gasteiger charge is 2.34. The van der Waals surface area contributed by atoms with Gasteiger partial charge in [-0.15, -0.1) is 5.10 Å². The second-order valence-corrected chi connectivity index (χ2v) is 4.33. The third-order valence-electron chi connectivity index (χ3n) is 2.19. The zero-order valence-electron chi connectivity index (χ0n) is 8.66. The van der Waals surface area contributed by atoms with Gasteiger partial charge in [0.2, 0.25) is 0 Å². The maximum absolute atomic E-state index is 12.3. The molecule has 7 heteroatoms. The average molecular weight is 306 g/mol. The first-order valence-corrected chi connectivity index (χ1v) is 5.43. The summed E-state index contributed by atoms with van der Waals surface area (Å²) in [5.74, 6) is 0. The first-order chi connectivity index (χ1) is 7.88. The molecule has 2 rings (SSSR count). The van der Waals surface area contributed by atoms with Crippen molar-refractivity contribution in [3.63, 3.8) is 0 Å². The minimum absolute atomic E-state index is 0.536. The Morgan fingerprint density at radius 1 is 1.29 bits per heavy atom. The Labute approximate surface area is 103 Å². The van der Waals surface area contributed by atoms with E-state index in [9.17, 15) is 13.2 Å². The van der Waals surface area contributed by atoms with Gasteiger partial charge < -0.3 is 0 Å². The van der Waals surface area contributed by atoms with Crippen LogP contribution in [0, 0.1) is 6.92 Å². The lowest BCUT2D eigenvalue weighted by Crippen LogP contribution is -2.04. The molecule has 17 heavy (non-hydrogen) atoms. The van der Waals surface area contributed by atoms with Crippen LogP contribution in [0.5, 0.6) is 0 Å². The van der Waals surface area contributed by atoms with Gasteiger partial charge in [0.1, 0.15) is 0 Å². The molecule has 0 aliphatic rings. The summed E-state index contributed by atoms with van der Waals surface area (Å²) >= 11 is 3.31. The number of benzene rings is 1. The van der Waals surface area contributed by atoms with Gasteiger partial charge in [-0.2, -0.15) is 13.2 Å². The Balaban J connectivity index is 2.40. The molecule has 0 unspecified atom stereocenters. The van der Waals surface area contributed by atoms with Crippen LogP contribution in [-0.2, 0) is 6.18 Å². The monoisotopic (exact) mass is 305 g/mol. The van der Waals surface area contributed by atoms with E-state index in [1.54, 1.807) is 18.2 Å². The SMILES string of the molecule is Cc1cc(-n2cc(C(F)(F)F)nn2)ccc1Br. The van der Waals surface area contributed by atoms with Gasteiger partial charge in [-0.25, -0.2) is 4.68 Å². The molecule has 0 N–H and O–H groups in total. The number of aryl methyl sites for hydroxylation is 1. The Morgan fingerprint density at radius 3 is 2.53 bits per heavy atom. The van der Waals surface area contributed by atoms with Crippen LogP contribution in [0.2, 0.25) is 0 Å². The van der Waals surface area contributed by atoms with Crippen LogP contribution < -0.4 is 0 Å². The zero-order valence-corrected chi connectivity index (χ0v) is 10.2. The third-order valence-corrected chi connectivity index (χ3v) is 3.08. The van der Waals surface area contributed by atoms with Crippen LogP contribution in [0.4, 0.5) is 13.2 Å². The van der Waals surface area contributed by atoms with Crippen molar-refractivity contribution >= 4 is 15.9 Å². The van der Waals surface area contributed by atoms with Crippen molar-refractivity contribution in [2.45, 2.75) is 13.1 Å². The second kappa shape index (κ2) is 4.14. The summed E-state index contributed by atoms with van der Waals surface area (Å²) in [5, 5.41) is 6.55. The van der Waals surface area contributed by atoms with Crippen LogP contribution in [0.15, 0.2) is 28.9 Å². The molecular formula is C10H7BrF3N3. The van der Waals surface area contributed by atoms with Crippen LogP contribution >= 0.6 is 15.9 Å². The molecule has 0 aliphatic heterocycles. The van der Waals surface area contributed by atoms with Crippen molar-refractivity contribution in [1.29, 1.82) is 0 Å². The first kappa shape index (κ1) is 12.1. The van der Waals surface area contributed by atoms with Crippen molar-refractivity contribution < 1.29 is 13.2 Å². The van der Waals surface area contributed by atoms with E-state index >= 15 is 0 Å². The van der Waals surface area contributed by atoms with Crippen molar-refractivity contribution in [2.24, 2.45) is 0 Å². The number of alkyl halides is 3. The highest BCUT2D eigenvalue weighted by atomic mass is 79.9. The number of nitrogens with zero attached hydrogens (tertiary/aromatic N) is 3. The molecule has 0 saturated heterocycles. The number of halogens is 4. The van der Waals surface area contributed by atoms with Gasteiger partial charge in [0.25, 0.3) is 0 Å². The summed E-state index contributed by atoms with van der Waals surface area (Å²) in [6, 6.07) is 5.13. The molecule has 3 nitrogen and oxygen atoms in total. The van der Waals surface area contributed by atoms with Gasteiger partial charge in [-0.3, -0.25) is 0 Å². The third kappa shape index (κ3) is 2.49. The fraction of sp³-hybridized carbons (Fsp3) is 0.200. The molecule has 2 aromatic rings. The second-order valence-electron chi connectivity index (χ2n) is 3.48. The van der Waals surface area contributed by atoms with E-state index in [1.165, 1.54) is 0 Å². The van der Waals surface area contributed by atoms with Crippen molar-refractivity contribution in [3.8, 4) is 5.69 Å². The van der Waals surface area contributed by atoms with Gasteiger partial charge in [-0.05, 0) is 30.7 Å². The van der Waals surface area contributed by atoms with E-state index in [4.69, 9.17) is 0 Å². The summed E-state index contributed by atoms with van der Waals surface area (Å²) in [7, 11) is 0. The largest absolute Gasteiger partial charge is 0.436 e. The van der Waals surface area contributed by atoms with E-state index in [0.29, 0.717) is 5.69 Å². The Morgan fingerprint density at radius 2 is 2.00 bits per heavy atom. The lowest BCUT2D eigenvalue weighted by Gasteiger charge is -2.03. The fourth-order valence-electron chi connectivity index (χ4n) is 1.29. The lowest BCUT2D eigenvalue weighted by atomic mass is 10.2. The molecule has 0 radical (unpaired) electrons. The van der Waals surface area contributed by atoms with Crippen LogP contribution in [0.1, 0.15) is 11.3 Å². The highest BCUT2D eigenvalue weighted by Crippen LogP contribution is 2.27. The molecule has 1 aromatic heterocycles. The molecule has 1 aromatic carbocycles. The fourth-order valence-corrected chi connectivity index (χ4v) is 1.54. The van der Waals surface area contributed by atoms with Gasteiger partial charge in [-0.1, -0.05) is 21.1 Å². The van der Waals surface area contributed by atoms with E-state index in [1.807, 2.05) is 6.92 Å². The van der Waals surface area contributed by atoms with Crippen molar-refractivity contribution in [3.05, 3.63) is 40.1 Å². The molecule has 0 amide bonds. The molecule has 0 fully saturated rings. The summed E-state index contributed by atoms with van der Waals surface area (Å²) in [4.78, 5) is 0. The molecule has 0 bridgehead atoms. The van der Waals surface area contributed by atoms with Gasteiger partial charge in [0, 0.05) is 4.47 Å². The smallest absolute Gasteiger partial charge is 0.220 e. The molecular weight excluding hydrogens is 299 g/mol. The minimum Gasteiger partial charge on any atom is -0.220 e. The van der Waals surface area contributed by atoms with Gasteiger partial charge >= 0.3 is 6.18 Å². The number of rotatable bonds is 1. The standard InChI is InChI=1S/C10H7BrF3N3/c1-6-4-7(2-3-8(6)11)17-5-9(15-16-17)10(12,13)14/h2-5H,1H3. The number of hydrogen-bond acceptors (Lipinski definition) is 2. The Kier molecular flexibility index (Phi) is 2.94. The lowest BCUT2D eigenvalue weighted by molar-refractivity contribution is -0.141. The maximum Gasteiger partial charge on any atom is 0.436 e. The molecule has 1 heterocycles. The quantitative estimate of drug-likeness (QED) is 0.809. The van der Waals surface area contributed by atoms with Crippen LogP contribution in [0.25, 0.3) is 5.69 Å². The molecule has 0 aliphatic carbocycles. The maximum atomic E-state index is 12.3. The molecule has 0 saturated carbocycles. The minimum atomic E-state index is -4.47. The number of hydrogen-bond donors (Lipinski definition) is 0. The van der Waals surface area contributed by atoms with Crippen LogP contribution in [0.3, 0.4) is 0 Å². The zero-order chi connectivity index (χ0) is 12.6. The average Bonchev–Trinajstić information content (AvgIpc) is 2.70. The van der Waals surface area contributed by atoms with Gasteiger partial charge in [0.05, 0.1) is 11.9 Å². The Hall–Kier alpha value is -1.37. The van der Waals surface area contributed by atoms with Crippen molar-refractivity contribution in [2.75, 3.05) is 0 Å². The predicted octanol–water partition coefficient (Wildman–Crippen LogP) is 3.36. The predicted molar refractivity (Wildman–Crippen MR) is 58.8 cm³/mol. The van der Waals surface area contributed by atoms with Gasteiger partial charge in [0.15, 0.2) is 5.69 Å². The summed E-state index contributed by atoms with van der Waals surface area (Å²) < 4.78 is 39.0. The summed E-state index contributed by atoms with van der Waals surface area (Å²) in [5.41, 5.74) is 0.443. The normalized spacial score (nSPS) is 11.8. The molecule has 90 valence electrons. The summed E-state index contributed by atoms with van der Waals surface area (Å²) in [6.07, 6.45) is -3.61. The molecule has 0 atom stereocenters.